The molecule has 22 rings (SSSR count). The predicted octanol–water partition coefficient (Wildman–Crippen LogP) is 24.3. The van der Waals surface area contributed by atoms with E-state index in [1.54, 1.807) is 12.4 Å². The third kappa shape index (κ3) is 11.5. The summed E-state index contributed by atoms with van der Waals surface area (Å²) < 4.78 is 9.21. The van der Waals surface area contributed by atoms with E-state index in [9.17, 15) is 0 Å². The Balaban J connectivity index is 0.000000141. The van der Waals surface area contributed by atoms with E-state index in [4.69, 9.17) is 29.9 Å². The van der Waals surface area contributed by atoms with E-state index in [0.717, 1.165) is 139 Å². The molecular weight excluding hydrogens is 1370 g/mol. The first kappa shape index (κ1) is 64.9. The number of aromatic nitrogens is 12. The van der Waals surface area contributed by atoms with Gasteiger partial charge in [0.2, 0.25) is 0 Å². The molecule has 12 heteroatoms. The highest BCUT2D eigenvalue weighted by atomic mass is 15.1. The Kier molecular flexibility index (Phi) is 15.9. The fourth-order valence-corrected chi connectivity index (χ4v) is 16.1. The Labute approximate surface area is 643 Å². The highest BCUT2D eigenvalue weighted by Gasteiger charge is 2.22. The minimum Gasteiger partial charge on any atom is -0.309 e. The number of fused-ring (bicyclic) bond motifs is 12. The lowest BCUT2D eigenvalue weighted by atomic mass is 10.0. The van der Waals surface area contributed by atoms with E-state index < -0.39 is 0 Å². The first-order valence-corrected chi connectivity index (χ1v) is 37.4. The van der Waals surface area contributed by atoms with E-state index in [1.807, 2.05) is 109 Å². The summed E-state index contributed by atoms with van der Waals surface area (Å²) in [6, 6.07) is 127. The first-order valence-electron chi connectivity index (χ1n) is 37.4. The van der Waals surface area contributed by atoms with Crippen LogP contribution >= 0.6 is 0 Å². The highest BCUT2D eigenvalue weighted by molar-refractivity contribution is 6.14. The van der Waals surface area contributed by atoms with Gasteiger partial charge in [-0.2, -0.15) is 0 Å². The minimum atomic E-state index is 0.623. The van der Waals surface area contributed by atoms with Crippen LogP contribution in [0, 0.1) is 0 Å². The van der Waals surface area contributed by atoms with Crippen molar-refractivity contribution in [2.75, 3.05) is 0 Å². The van der Waals surface area contributed by atoms with Gasteiger partial charge in [-0.3, -0.25) is 19.1 Å². The van der Waals surface area contributed by atoms with Crippen molar-refractivity contribution in [3.63, 3.8) is 0 Å². The number of nitrogens with zero attached hydrogens (tertiary/aromatic N) is 12. The summed E-state index contributed by atoms with van der Waals surface area (Å²) in [5.41, 5.74) is 25.6. The maximum Gasteiger partial charge on any atom is 0.164 e. The minimum absolute atomic E-state index is 0.623. The molecule has 22 aromatic rings. The van der Waals surface area contributed by atoms with Crippen molar-refractivity contribution in [2.45, 2.75) is 0 Å². The predicted molar refractivity (Wildman–Crippen MR) is 456 cm³/mol. The number of para-hydroxylation sites is 6. The molecule has 112 heavy (non-hydrogen) atoms. The van der Waals surface area contributed by atoms with Crippen LogP contribution in [-0.4, -0.2) is 58.1 Å². The van der Waals surface area contributed by atoms with Gasteiger partial charge in [0.1, 0.15) is 11.3 Å². The molecule has 0 saturated carbocycles. The van der Waals surface area contributed by atoms with Crippen molar-refractivity contribution in [3.05, 3.63) is 389 Å². The number of rotatable bonds is 12. The zero-order valence-electron chi connectivity index (χ0n) is 60.3. The third-order valence-electron chi connectivity index (χ3n) is 21.3. The Morgan fingerprint density at radius 3 is 0.946 bits per heavy atom. The van der Waals surface area contributed by atoms with Gasteiger partial charge < -0.3 is 9.13 Å². The van der Waals surface area contributed by atoms with Crippen LogP contribution in [0.25, 0.3) is 201 Å². The molecule has 12 aromatic carbocycles. The van der Waals surface area contributed by atoms with Gasteiger partial charge in [0.15, 0.2) is 17.5 Å². The van der Waals surface area contributed by atoms with Gasteiger partial charge in [-0.15, -0.1) is 0 Å². The Morgan fingerprint density at radius 1 is 0.170 bits per heavy atom. The highest BCUT2D eigenvalue weighted by Crippen LogP contribution is 2.42. The summed E-state index contributed by atoms with van der Waals surface area (Å²) in [5.74, 6) is 1.90. The maximum absolute atomic E-state index is 5.21. The summed E-state index contributed by atoms with van der Waals surface area (Å²) in [6.07, 6.45) is 7.62. The average molecular weight is 1430 g/mol. The molecule has 0 bridgehead atoms. The monoisotopic (exact) mass is 1430 g/mol. The average Bonchev–Trinajstić information content (AvgIpc) is 1.59. The molecule has 0 N–H and O–H groups in total. The van der Waals surface area contributed by atoms with Crippen molar-refractivity contribution in [3.8, 4) is 113 Å². The van der Waals surface area contributed by atoms with Crippen LogP contribution in [0.15, 0.2) is 389 Å². The van der Waals surface area contributed by atoms with Crippen LogP contribution in [-0.2, 0) is 0 Å². The quantitative estimate of drug-likeness (QED) is 0.119. The fourth-order valence-electron chi connectivity index (χ4n) is 16.1. The second-order valence-corrected chi connectivity index (χ2v) is 27.9. The SMILES string of the molecule is c1ccc(-c2nc(-c3ccccc3)nc(-c3ccc(-n4c5ccccc5c5cc(-c6ccc7c(c6)c6ccccc6n7-c6ccccc6)cnc54)cc3)n2)cc1.c1ccc(-n2c3ccccc3c3cc(-c4cnc5c(c4)c4ccccc4n5-c4cccc(-c5cc(-c6ccccn6)nc(-c6ccccn6)c5)c4)ccc32)cc1. The van der Waals surface area contributed by atoms with Crippen LogP contribution in [0.2, 0.25) is 0 Å². The molecule has 0 aliphatic rings. The van der Waals surface area contributed by atoms with Crippen molar-refractivity contribution in [1.29, 1.82) is 0 Å². The van der Waals surface area contributed by atoms with Crippen molar-refractivity contribution >= 4 is 87.5 Å². The lowest BCUT2D eigenvalue weighted by molar-refractivity contribution is 1.07. The van der Waals surface area contributed by atoms with E-state index in [1.165, 1.54) is 43.6 Å². The van der Waals surface area contributed by atoms with Gasteiger partial charge in [0.25, 0.3) is 0 Å². The Morgan fingerprint density at radius 2 is 0.500 bits per heavy atom. The normalized spacial score (nSPS) is 11.6. The molecule has 0 radical (unpaired) electrons. The second-order valence-electron chi connectivity index (χ2n) is 27.9. The molecule has 524 valence electrons. The van der Waals surface area contributed by atoms with Gasteiger partial charge in [-0.25, -0.2) is 29.9 Å². The van der Waals surface area contributed by atoms with Gasteiger partial charge in [0, 0.05) is 118 Å². The lowest BCUT2D eigenvalue weighted by Crippen LogP contribution is -2.00. The third-order valence-corrected chi connectivity index (χ3v) is 21.3. The van der Waals surface area contributed by atoms with Crippen molar-refractivity contribution < 1.29 is 0 Å². The lowest BCUT2D eigenvalue weighted by Gasteiger charge is -2.12. The van der Waals surface area contributed by atoms with Crippen LogP contribution in [0.5, 0.6) is 0 Å². The summed E-state index contributed by atoms with van der Waals surface area (Å²) in [7, 11) is 0. The Bertz CT molecular complexity index is 7230. The molecule has 0 saturated heterocycles. The van der Waals surface area contributed by atoms with Gasteiger partial charge in [-0.05, 0) is 180 Å². The molecule has 0 amide bonds. The standard InChI is InChI=1S/2C50H32N6/c1-4-14-33(15-5-1)47-52-48(34-16-6-2-7-17-34)54-49(53-47)35-24-27-39(28-25-35)56-45-23-13-11-21-41(45)43-31-37(32-51-50(43)56)36-26-29-46-42(30-36)40-20-10-12-22-44(40)55(46)38-18-8-3-9-19-38;1-2-14-37(15-3-1)55-47-21-6-4-17-39(47)41-28-34(23-24-49(41)55)36-29-42-40-18-5-7-22-48(40)56(50(42)53-32-36)38-16-12-13-33(27-38)35-30-45(43-19-8-10-25-51-43)54-46(31-35)44-20-9-11-26-52-44/h2*1-32H. The molecule has 0 fully saturated rings. The summed E-state index contributed by atoms with van der Waals surface area (Å²) in [6.45, 7) is 0. The summed E-state index contributed by atoms with van der Waals surface area (Å²) in [5, 5.41) is 9.41. The van der Waals surface area contributed by atoms with E-state index in [0.29, 0.717) is 17.5 Å². The first-order chi connectivity index (χ1) is 55.5. The van der Waals surface area contributed by atoms with Gasteiger partial charge >= 0.3 is 0 Å². The van der Waals surface area contributed by atoms with Crippen LogP contribution in [0.4, 0.5) is 0 Å². The summed E-state index contributed by atoms with van der Waals surface area (Å²) >= 11 is 0. The number of benzene rings is 12. The maximum atomic E-state index is 5.21. The van der Waals surface area contributed by atoms with Gasteiger partial charge in [0.05, 0.1) is 55.9 Å². The Hall–Kier alpha value is -15.4. The van der Waals surface area contributed by atoms with Crippen LogP contribution in [0.3, 0.4) is 0 Å². The smallest absolute Gasteiger partial charge is 0.164 e. The molecule has 0 spiro atoms. The van der Waals surface area contributed by atoms with E-state index in [-0.39, 0.29) is 0 Å². The molecule has 10 aromatic heterocycles. The molecule has 0 unspecified atom stereocenters. The van der Waals surface area contributed by atoms with Crippen molar-refractivity contribution in [2.24, 2.45) is 0 Å². The number of hydrogen-bond donors (Lipinski definition) is 0. The van der Waals surface area contributed by atoms with Crippen molar-refractivity contribution in [1.82, 2.24) is 58.1 Å². The molecule has 0 aliphatic heterocycles. The van der Waals surface area contributed by atoms with E-state index >= 15 is 0 Å². The summed E-state index contributed by atoms with van der Waals surface area (Å²) in [4.78, 5) is 39.3. The molecule has 0 aliphatic carbocycles. The van der Waals surface area contributed by atoms with Crippen LogP contribution < -0.4 is 0 Å². The largest absolute Gasteiger partial charge is 0.309 e. The second kappa shape index (κ2) is 27.4. The van der Waals surface area contributed by atoms with Gasteiger partial charge in [-0.1, -0.05) is 206 Å². The topological polar surface area (TPSA) is 123 Å². The van der Waals surface area contributed by atoms with Crippen LogP contribution in [0.1, 0.15) is 0 Å². The molecule has 0 atom stereocenters. The van der Waals surface area contributed by atoms with E-state index in [2.05, 4.69) is 295 Å². The molecular formula is C100H64N12. The number of pyridine rings is 5. The zero-order valence-corrected chi connectivity index (χ0v) is 60.3. The zero-order chi connectivity index (χ0) is 74.0. The number of hydrogen-bond acceptors (Lipinski definition) is 8. The molecule has 12 nitrogen and oxygen atoms in total. The molecule has 10 heterocycles. The fraction of sp³-hybridized carbons (Fsp3) is 0.